The standard InChI is InChI=1S/C5H9BF3.K/c7-6(8,9)5-3-1-2-4-5;/h5H,1-4H2;/q-1;+1. The van der Waals surface area contributed by atoms with Gasteiger partial charge in [0.1, 0.15) is 0 Å². The van der Waals surface area contributed by atoms with Crippen LogP contribution in [0.2, 0.25) is 5.82 Å². The van der Waals surface area contributed by atoms with E-state index in [-0.39, 0.29) is 51.4 Å². The fourth-order valence-electron chi connectivity index (χ4n) is 1.34. The molecule has 0 radical (unpaired) electrons. The maximum absolute atomic E-state index is 11.8. The minimum atomic E-state index is -4.51. The molecule has 1 aliphatic rings. The Hall–Kier alpha value is 1.49. The molecule has 1 saturated carbocycles. The van der Waals surface area contributed by atoms with Crippen molar-refractivity contribution in [3.63, 3.8) is 0 Å². The van der Waals surface area contributed by atoms with Gasteiger partial charge in [0.05, 0.1) is 0 Å². The van der Waals surface area contributed by atoms with Crippen molar-refractivity contribution in [2.24, 2.45) is 0 Å². The van der Waals surface area contributed by atoms with Gasteiger partial charge in [-0.3, -0.25) is 0 Å². The molecule has 1 fully saturated rings. The Morgan fingerprint density at radius 1 is 1.00 bits per heavy atom. The molecule has 0 aromatic rings. The molecule has 0 aliphatic heterocycles. The number of rotatable bonds is 1. The van der Waals surface area contributed by atoms with Gasteiger partial charge in [-0.1, -0.05) is 31.5 Å². The van der Waals surface area contributed by atoms with E-state index in [2.05, 4.69) is 0 Å². The summed E-state index contributed by atoms with van der Waals surface area (Å²) < 4.78 is 35.5. The van der Waals surface area contributed by atoms with Crippen LogP contribution in [0.15, 0.2) is 0 Å². The summed E-state index contributed by atoms with van der Waals surface area (Å²) >= 11 is 0. The molecule has 0 N–H and O–H groups in total. The van der Waals surface area contributed by atoms with Gasteiger partial charge in [0.2, 0.25) is 0 Å². The van der Waals surface area contributed by atoms with E-state index in [1.807, 2.05) is 0 Å². The van der Waals surface area contributed by atoms with Crippen LogP contribution in [-0.4, -0.2) is 6.98 Å². The summed E-state index contributed by atoms with van der Waals surface area (Å²) in [6.45, 7) is -4.51. The summed E-state index contributed by atoms with van der Waals surface area (Å²) in [5, 5.41) is 0. The first-order valence-electron chi connectivity index (χ1n) is 3.30. The quantitative estimate of drug-likeness (QED) is 0.484. The molecular formula is C5H9BF3K. The second-order valence-corrected chi connectivity index (χ2v) is 2.67. The third-order valence-electron chi connectivity index (χ3n) is 1.93. The molecule has 0 spiro atoms. The Kier molecular flexibility index (Phi) is 5.17. The molecule has 1 aliphatic carbocycles. The van der Waals surface area contributed by atoms with E-state index < -0.39 is 12.8 Å². The first kappa shape index (κ1) is 11.5. The predicted molar refractivity (Wildman–Crippen MR) is 31.3 cm³/mol. The van der Waals surface area contributed by atoms with Crippen molar-refractivity contribution < 1.29 is 64.3 Å². The Morgan fingerprint density at radius 3 is 1.60 bits per heavy atom. The van der Waals surface area contributed by atoms with Gasteiger partial charge in [0, 0.05) is 0 Å². The van der Waals surface area contributed by atoms with Crippen molar-refractivity contribution in [1.29, 1.82) is 0 Å². The van der Waals surface area contributed by atoms with E-state index in [1.54, 1.807) is 0 Å². The molecule has 5 heteroatoms. The fraction of sp³-hybridized carbons (Fsp3) is 1.00. The van der Waals surface area contributed by atoms with Crippen LogP contribution in [0, 0.1) is 0 Å². The van der Waals surface area contributed by atoms with Crippen molar-refractivity contribution in [2.75, 3.05) is 0 Å². The van der Waals surface area contributed by atoms with Crippen LogP contribution in [-0.2, 0) is 0 Å². The first-order chi connectivity index (χ1) is 4.11. The Balaban J connectivity index is 0.000000810. The van der Waals surface area contributed by atoms with Gasteiger partial charge in [0.15, 0.2) is 0 Å². The summed E-state index contributed by atoms with van der Waals surface area (Å²) in [5.74, 6) is -0.926. The van der Waals surface area contributed by atoms with E-state index in [9.17, 15) is 12.9 Å². The number of hydrogen-bond donors (Lipinski definition) is 0. The maximum atomic E-state index is 11.8. The van der Waals surface area contributed by atoms with Crippen molar-refractivity contribution in [1.82, 2.24) is 0 Å². The molecule has 0 unspecified atom stereocenters. The first-order valence-corrected chi connectivity index (χ1v) is 3.30. The molecule has 0 nitrogen and oxygen atoms in total. The Bertz CT molecular complexity index is 97.6. The Labute approximate surface area is 101 Å². The minimum absolute atomic E-state index is 0. The van der Waals surface area contributed by atoms with Crippen LogP contribution in [0.4, 0.5) is 12.9 Å². The van der Waals surface area contributed by atoms with Crippen molar-refractivity contribution in [2.45, 2.75) is 31.5 Å². The van der Waals surface area contributed by atoms with Crippen LogP contribution in [0.3, 0.4) is 0 Å². The summed E-state index contributed by atoms with van der Waals surface area (Å²) in [6.07, 6.45) is 2.30. The van der Waals surface area contributed by atoms with E-state index in [0.717, 1.165) is 12.8 Å². The van der Waals surface area contributed by atoms with E-state index in [0.29, 0.717) is 12.8 Å². The van der Waals surface area contributed by atoms with Crippen LogP contribution >= 0.6 is 0 Å². The number of halogens is 3. The molecule has 54 valence electrons. The minimum Gasteiger partial charge on any atom is -0.449 e. The largest absolute Gasteiger partial charge is 1.00 e. The molecule has 0 atom stereocenters. The normalized spacial score (nSPS) is 20.7. The van der Waals surface area contributed by atoms with Gasteiger partial charge in [-0.15, -0.1) is 0 Å². The monoisotopic (exact) mass is 176 g/mol. The van der Waals surface area contributed by atoms with Gasteiger partial charge in [0.25, 0.3) is 0 Å². The topological polar surface area (TPSA) is 0 Å². The third kappa shape index (κ3) is 3.26. The zero-order chi connectivity index (χ0) is 6.91. The molecule has 0 amide bonds. The Morgan fingerprint density at radius 2 is 1.40 bits per heavy atom. The molecule has 0 aromatic heterocycles. The zero-order valence-corrected chi connectivity index (χ0v) is 9.24. The van der Waals surface area contributed by atoms with E-state index in [1.165, 1.54) is 0 Å². The molecule has 0 aromatic carbocycles. The van der Waals surface area contributed by atoms with Crippen LogP contribution in [0.1, 0.15) is 25.7 Å². The van der Waals surface area contributed by atoms with Gasteiger partial charge in [-0.2, -0.15) is 0 Å². The summed E-state index contributed by atoms with van der Waals surface area (Å²) in [7, 11) is 0. The summed E-state index contributed by atoms with van der Waals surface area (Å²) in [6, 6.07) is 0. The van der Waals surface area contributed by atoms with Gasteiger partial charge in [-0.25, -0.2) is 0 Å². The fourth-order valence-corrected chi connectivity index (χ4v) is 1.34. The molecular weight excluding hydrogens is 167 g/mol. The van der Waals surface area contributed by atoms with Crippen molar-refractivity contribution in [3.05, 3.63) is 0 Å². The van der Waals surface area contributed by atoms with Gasteiger partial charge < -0.3 is 12.9 Å². The van der Waals surface area contributed by atoms with Crippen molar-refractivity contribution >= 4 is 6.98 Å². The molecule has 1 rings (SSSR count). The SMILES string of the molecule is F[B-](F)(F)C1CCCC1.[K+]. The summed E-state index contributed by atoms with van der Waals surface area (Å²) in [4.78, 5) is 0. The zero-order valence-electron chi connectivity index (χ0n) is 6.12. The van der Waals surface area contributed by atoms with Gasteiger partial charge in [-0.05, 0) is 0 Å². The third-order valence-corrected chi connectivity index (χ3v) is 1.93. The van der Waals surface area contributed by atoms with E-state index >= 15 is 0 Å². The molecule has 10 heavy (non-hydrogen) atoms. The van der Waals surface area contributed by atoms with E-state index in [4.69, 9.17) is 0 Å². The second-order valence-electron chi connectivity index (χ2n) is 2.67. The maximum Gasteiger partial charge on any atom is 1.00 e. The van der Waals surface area contributed by atoms with Crippen LogP contribution in [0.5, 0.6) is 0 Å². The molecule has 0 bridgehead atoms. The average Bonchev–Trinajstić information content (AvgIpc) is 2.08. The number of hydrogen-bond acceptors (Lipinski definition) is 0. The molecule has 0 heterocycles. The average molecular weight is 176 g/mol. The van der Waals surface area contributed by atoms with Crippen LogP contribution < -0.4 is 51.4 Å². The van der Waals surface area contributed by atoms with Gasteiger partial charge >= 0.3 is 58.4 Å². The predicted octanol–water partition coefficient (Wildman–Crippen LogP) is -0.218. The summed E-state index contributed by atoms with van der Waals surface area (Å²) in [5.41, 5.74) is 0. The van der Waals surface area contributed by atoms with Crippen LogP contribution in [0.25, 0.3) is 0 Å². The smallest absolute Gasteiger partial charge is 0.449 e. The molecule has 0 saturated heterocycles. The second kappa shape index (κ2) is 4.50. The van der Waals surface area contributed by atoms with Crippen molar-refractivity contribution in [3.8, 4) is 0 Å².